The Morgan fingerprint density at radius 1 is 1.00 bits per heavy atom. The molecule has 156 valence electrons. The molecule has 0 spiro atoms. The van der Waals surface area contributed by atoms with Gasteiger partial charge in [0.15, 0.2) is 11.5 Å². The van der Waals surface area contributed by atoms with Gasteiger partial charge in [0.25, 0.3) is 0 Å². The van der Waals surface area contributed by atoms with Crippen LogP contribution in [-0.4, -0.2) is 13.3 Å². The molecule has 0 bridgehead atoms. The van der Waals surface area contributed by atoms with Crippen molar-refractivity contribution in [1.82, 2.24) is 0 Å². The average Bonchev–Trinajstić information content (AvgIpc) is 2.78. The molecule has 0 aromatic heterocycles. The molecule has 3 nitrogen and oxygen atoms in total. The Kier molecular flexibility index (Phi) is 6.78. The van der Waals surface area contributed by atoms with Crippen LogP contribution in [0.4, 0.5) is 5.69 Å². The molecule has 0 heterocycles. The second-order valence-electron chi connectivity index (χ2n) is 7.15. The van der Waals surface area contributed by atoms with Gasteiger partial charge >= 0.3 is 0 Å². The number of hydrogen-bond donors (Lipinski definition) is 0. The van der Waals surface area contributed by atoms with Crippen LogP contribution in [0.5, 0.6) is 11.5 Å². The second kappa shape index (κ2) is 9.71. The van der Waals surface area contributed by atoms with Gasteiger partial charge in [-0.25, -0.2) is 0 Å². The SMILES string of the molecule is COc1cc(C=Nc2ccc(C)c(Cl)c2)cc(I)c1OCc1cccc2ccccc12. The van der Waals surface area contributed by atoms with Gasteiger partial charge in [0, 0.05) is 11.2 Å². The number of fused-ring (bicyclic) bond motifs is 1. The Bertz CT molecular complexity index is 1260. The Balaban J connectivity index is 1.57. The third kappa shape index (κ3) is 5.02. The van der Waals surface area contributed by atoms with Crippen molar-refractivity contribution in [3.8, 4) is 11.5 Å². The predicted octanol–water partition coefficient (Wildman–Crippen LogP) is 7.74. The van der Waals surface area contributed by atoms with Crippen LogP contribution in [0.3, 0.4) is 0 Å². The van der Waals surface area contributed by atoms with E-state index >= 15 is 0 Å². The van der Waals surface area contributed by atoms with Crippen molar-refractivity contribution in [2.75, 3.05) is 7.11 Å². The number of aliphatic imine (C=N–C) groups is 1. The van der Waals surface area contributed by atoms with E-state index in [1.54, 1.807) is 13.3 Å². The standard InChI is InChI=1S/C26H21ClINO2/c1-17-10-11-21(14-23(17)27)29-15-18-12-24(28)26(25(13-18)30-2)31-16-20-8-5-7-19-6-3-4-9-22(19)20/h3-15H,16H2,1-2H3. The number of benzene rings is 4. The van der Waals surface area contributed by atoms with Crippen molar-refractivity contribution in [3.63, 3.8) is 0 Å². The lowest BCUT2D eigenvalue weighted by Crippen LogP contribution is -2.01. The van der Waals surface area contributed by atoms with Gasteiger partial charge in [-0.2, -0.15) is 0 Å². The first-order chi connectivity index (χ1) is 15.0. The normalized spacial score (nSPS) is 11.2. The molecule has 0 amide bonds. The molecule has 0 aliphatic heterocycles. The third-order valence-electron chi connectivity index (χ3n) is 5.02. The van der Waals surface area contributed by atoms with E-state index < -0.39 is 0 Å². The molecule has 0 aliphatic carbocycles. The summed E-state index contributed by atoms with van der Waals surface area (Å²) in [7, 11) is 1.65. The van der Waals surface area contributed by atoms with E-state index in [9.17, 15) is 0 Å². The molecule has 0 N–H and O–H groups in total. The van der Waals surface area contributed by atoms with E-state index in [0.29, 0.717) is 17.4 Å². The van der Waals surface area contributed by atoms with Crippen LogP contribution in [0.1, 0.15) is 16.7 Å². The van der Waals surface area contributed by atoms with E-state index in [2.05, 4.69) is 57.9 Å². The summed E-state index contributed by atoms with van der Waals surface area (Å²) in [5, 5.41) is 3.10. The first-order valence-corrected chi connectivity index (χ1v) is 11.3. The molecular formula is C26H21ClINO2. The van der Waals surface area contributed by atoms with Crippen molar-refractivity contribution in [2.45, 2.75) is 13.5 Å². The van der Waals surface area contributed by atoms with E-state index in [1.807, 2.05) is 49.4 Å². The summed E-state index contributed by atoms with van der Waals surface area (Å²) in [5.41, 5.74) is 3.90. The summed E-state index contributed by atoms with van der Waals surface area (Å²) in [6, 6.07) is 24.3. The molecule has 0 saturated carbocycles. The van der Waals surface area contributed by atoms with Gasteiger partial charge in [0.1, 0.15) is 6.61 Å². The lowest BCUT2D eigenvalue weighted by molar-refractivity contribution is 0.283. The molecule has 0 saturated heterocycles. The number of aryl methyl sites for hydroxylation is 1. The van der Waals surface area contributed by atoms with Crippen LogP contribution >= 0.6 is 34.2 Å². The fourth-order valence-corrected chi connectivity index (χ4v) is 4.29. The summed E-state index contributed by atoms with van der Waals surface area (Å²) < 4.78 is 12.8. The lowest BCUT2D eigenvalue weighted by atomic mass is 10.1. The molecule has 0 radical (unpaired) electrons. The maximum atomic E-state index is 6.21. The Hall–Kier alpha value is -2.57. The molecule has 0 unspecified atom stereocenters. The lowest BCUT2D eigenvalue weighted by Gasteiger charge is -2.14. The predicted molar refractivity (Wildman–Crippen MR) is 137 cm³/mol. The van der Waals surface area contributed by atoms with Gasteiger partial charge in [-0.15, -0.1) is 0 Å². The smallest absolute Gasteiger partial charge is 0.174 e. The number of halogens is 2. The van der Waals surface area contributed by atoms with Crippen molar-refractivity contribution in [1.29, 1.82) is 0 Å². The minimum atomic E-state index is 0.461. The van der Waals surface area contributed by atoms with Gasteiger partial charge in [0.2, 0.25) is 0 Å². The quantitative estimate of drug-likeness (QED) is 0.185. The molecule has 4 rings (SSSR count). The summed E-state index contributed by atoms with van der Waals surface area (Å²) in [6.45, 7) is 2.43. The van der Waals surface area contributed by atoms with Gasteiger partial charge in [-0.1, -0.05) is 60.1 Å². The van der Waals surface area contributed by atoms with E-state index in [-0.39, 0.29) is 0 Å². The summed E-state index contributed by atoms with van der Waals surface area (Å²) in [4.78, 5) is 4.54. The van der Waals surface area contributed by atoms with Crippen molar-refractivity contribution in [2.24, 2.45) is 4.99 Å². The third-order valence-corrected chi connectivity index (χ3v) is 6.23. The highest BCUT2D eigenvalue weighted by Crippen LogP contribution is 2.35. The minimum absolute atomic E-state index is 0.461. The highest BCUT2D eigenvalue weighted by atomic mass is 127. The largest absolute Gasteiger partial charge is 0.493 e. The second-order valence-corrected chi connectivity index (χ2v) is 8.72. The fraction of sp³-hybridized carbons (Fsp3) is 0.115. The van der Waals surface area contributed by atoms with Crippen molar-refractivity contribution < 1.29 is 9.47 Å². The van der Waals surface area contributed by atoms with Crippen LogP contribution in [-0.2, 0) is 6.61 Å². The van der Waals surface area contributed by atoms with Crippen LogP contribution < -0.4 is 9.47 Å². The van der Waals surface area contributed by atoms with Crippen LogP contribution in [0.15, 0.2) is 77.8 Å². The van der Waals surface area contributed by atoms with Gasteiger partial charge < -0.3 is 9.47 Å². The number of nitrogens with zero attached hydrogens (tertiary/aromatic N) is 1. The summed E-state index contributed by atoms with van der Waals surface area (Å²) >= 11 is 8.47. The zero-order valence-electron chi connectivity index (χ0n) is 17.2. The maximum Gasteiger partial charge on any atom is 0.174 e. The summed E-state index contributed by atoms with van der Waals surface area (Å²) in [5.74, 6) is 1.40. The first kappa shape index (κ1) is 21.7. The highest BCUT2D eigenvalue weighted by molar-refractivity contribution is 14.1. The molecule has 31 heavy (non-hydrogen) atoms. The van der Waals surface area contributed by atoms with E-state index in [1.165, 1.54) is 10.8 Å². The zero-order chi connectivity index (χ0) is 21.8. The molecule has 0 atom stereocenters. The van der Waals surface area contributed by atoms with E-state index in [4.69, 9.17) is 21.1 Å². The van der Waals surface area contributed by atoms with Gasteiger partial charge in [-0.3, -0.25) is 4.99 Å². The monoisotopic (exact) mass is 541 g/mol. The van der Waals surface area contributed by atoms with Crippen LogP contribution in [0, 0.1) is 10.5 Å². The Morgan fingerprint density at radius 3 is 2.61 bits per heavy atom. The number of rotatable bonds is 6. The highest BCUT2D eigenvalue weighted by Gasteiger charge is 2.12. The molecule has 4 aromatic rings. The molecule has 5 heteroatoms. The van der Waals surface area contributed by atoms with Crippen LogP contribution in [0.2, 0.25) is 5.02 Å². The number of ether oxygens (including phenoxy) is 2. The zero-order valence-corrected chi connectivity index (χ0v) is 20.1. The molecule has 4 aromatic carbocycles. The minimum Gasteiger partial charge on any atom is -0.493 e. The van der Waals surface area contributed by atoms with Gasteiger partial charge in [-0.05, 0) is 81.2 Å². The van der Waals surface area contributed by atoms with E-state index in [0.717, 1.165) is 31.7 Å². The number of hydrogen-bond acceptors (Lipinski definition) is 3. The Morgan fingerprint density at radius 2 is 1.81 bits per heavy atom. The van der Waals surface area contributed by atoms with Crippen molar-refractivity contribution >= 4 is 56.9 Å². The maximum absolute atomic E-state index is 6.21. The van der Waals surface area contributed by atoms with Crippen molar-refractivity contribution in [3.05, 3.63) is 98.1 Å². The molecule has 0 fully saturated rings. The molecular weight excluding hydrogens is 521 g/mol. The average molecular weight is 542 g/mol. The fourth-order valence-electron chi connectivity index (χ4n) is 3.33. The first-order valence-electron chi connectivity index (χ1n) is 9.82. The van der Waals surface area contributed by atoms with Gasteiger partial charge in [0.05, 0.1) is 16.4 Å². The molecule has 0 aliphatic rings. The topological polar surface area (TPSA) is 30.8 Å². The Labute approximate surface area is 200 Å². The van der Waals surface area contributed by atoms with Crippen LogP contribution in [0.25, 0.3) is 10.8 Å². The number of methoxy groups -OCH3 is 1. The summed E-state index contributed by atoms with van der Waals surface area (Å²) in [6.07, 6.45) is 1.81.